The van der Waals surface area contributed by atoms with E-state index in [2.05, 4.69) is 23.6 Å². The minimum absolute atomic E-state index is 0.219. The van der Waals surface area contributed by atoms with E-state index < -0.39 is 12.3 Å². The Labute approximate surface area is 156 Å². The summed E-state index contributed by atoms with van der Waals surface area (Å²) in [6.07, 6.45) is 0.00809. The lowest BCUT2D eigenvalue weighted by atomic mass is 10.1. The Balaban J connectivity index is 1.89. The quantitative estimate of drug-likeness (QED) is 0.726. The molecule has 1 N–H and O–H groups in total. The first-order valence-corrected chi connectivity index (χ1v) is 9.43. The van der Waals surface area contributed by atoms with Crippen LogP contribution in [0, 0.1) is 0 Å². The number of halogens is 1. The molecule has 2 rings (SSSR count). The number of methoxy groups -OCH3 is 1. The molecule has 1 aromatic carbocycles. The van der Waals surface area contributed by atoms with E-state index in [0.29, 0.717) is 36.9 Å². The van der Waals surface area contributed by atoms with Crippen LogP contribution in [0.5, 0.6) is 11.5 Å². The van der Waals surface area contributed by atoms with Crippen LogP contribution in [-0.2, 0) is 6.54 Å². The van der Waals surface area contributed by atoms with Crippen LogP contribution in [0.15, 0.2) is 18.2 Å². The number of likely N-dealkylation sites (tertiary alicyclic amines) is 1. The molecule has 26 heavy (non-hydrogen) atoms. The van der Waals surface area contributed by atoms with Crippen molar-refractivity contribution in [3.05, 3.63) is 23.8 Å². The van der Waals surface area contributed by atoms with Crippen molar-refractivity contribution in [3.63, 3.8) is 0 Å². The van der Waals surface area contributed by atoms with Gasteiger partial charge in [-0.15, -0.1) is 0 Å². The van der Waals surface area contributed by atoms with E-state index in [1.165, 1.54) is 0 Å². The van der Waals surface area contributed by atoms with Crippen molar-refractivity contribution >= 4 is 0 Å². The maximum Gasteiger partial charge on any atom is 0.161 e. The Morgan fingerprint density at radius 1 is 1.27 bits per heavy atom. The highest BCUT2D eigenvalue weighted by Gasteiger charge is 2.19. The molecule has 1 saturated heterocycles. The number of hydrogen-bond acceptors (Lipinski definition) is 5. The smallest absolute Gasteiger partial charge is 0.161 e. The standard InChI is InChI=1S/C20H33FN2O3/c1-15(2)22(3)13-18(24)14-26-19-6-5-16(11-20(19)25-4)12-23-9-7-17(21)8-10-23/h5-6,11,15,17-18,24H,7-10,12-14H2,1-4H3. The van der Waals surface area contributed by atoms with Crippen LogP contribution in [0.25, 0.3) is 0 Å². The molecule has 1 aliphatic rings. The highest BCUT2D eigenvalue weighted by molar-refractivity contribution is 5.43. The second kappa shape index (κ2) is 10.1. The second-order valence-electron chi connectivity index (χ2n) is 7.43. The first kappa shape index (κ1) is 20.9. The zero-order chi connectivity index (χ0) is 19.1. The summed E-state index contributed by atoms with van der Waals surface area (Å²) in [4.78, 5) is 4.34. The number of likely N-dealkylation sites (N-methyl/N-ethyl adjacent to an activating group) is 1. The van der Waals surface area contributed by atoms with Gasteiger partial charge in [0.25, 0.3) is 0 Å². The number of hydrogen-bond donors (Lipinski definition) is 1. The third-order valence-electron chi connectivity index (χ3n) is 4.96. The molecule has 6 heteroatoms. The normalized spacial score (nSPS) is 17.7. The van der Waals surface area contributed by atoms with E-state index in [-0.39, 0.29) is 6.61 Å². The van der Waals surface area contributed by atoms with Gasteiger partial charge < -0.3 is 19.5 Å². The van der Waals surface area contributed by atoms with E-state index in [0.717, 1.165) is 25.2 Å². The Bertz CT molecular complexity index is 548. The van der Waals surface area contributed by atoms with Crippen LogP contribution >= 0.6 is 0 Å². The highest BCUT2D eigenvalue weighted by atomic mass is 19.1. The summed E-state index contributed by atoms with van der Waals surface area (Å²) in [5.41, 5.74) is 1.12. The highest BCUT2D eigenvalue weighted by Crippen LogP contribution is 2.29. The minimum Gasteiger partial charge on any atom is -0.493 e. The molecule has 1 unspecified atom stereocenters. The fourth-order valence-electron chi connectivity index (χ4n) is 3.03. The lowest BCUT2D eigenvalue weighted by Crippen LogP contribution is -2.37. The largest absolute Gasteiger partial charge is 0.493 e. The fourth-order valence-corrected chi connectivity index (χ4v) is 3.03. The van der Waals surface area contributed by atoms with Crippen molar-refractivity contribution < 1.29 is 19.0 Å². The maximum absolute atomic E-state index is 13.3. The lowest BCUT2D eigenvalue weighted by molar-refractivity contribution is 0.0668. The second-order valence-corrected chi connectivity index (χ2v) is 7.43. The zero-order valence-electron chi connectivity index (χ0n) is 16.4. The number of nitrogens with zero attached hydrogens (tertiary/aromatic N) is 2. The molecular formula is C20H33FN2O3. The van der Waals surface area contributed by atoms with Gasteiger partial charge in [-0.1, -0.05) is 6.07 Å². The van der Waals surface area contributed by atoms with Crippen molar-refractivity contribution in [1.82, 2.24) is 9.80 Å². The summed E-state index contributed by atoms with van der Waals surface area (Å²) in [7, 11) is 3.60. The van der Waals surface area contributed by atoms with E-state index >= 15 is 0 Å². The average molecular weight is 368 g/mol. The maximum atomic E-state index is 13.3. The predicted molar refractivity (Wildman–Crippen MR) is 102 cm³/mol. The Hall–Kier alpha value is -1.37. The summed E-state index contributed by atoms with van der Waals surface area (Å²) < 4.78 is 24.5. The van der Waals surface area contributed by atoms with Gasteiger partial charge in [0.2, 0.25) is 0 Å². The predicted octanol–water partition coefficient (Wildman–Crippen LogP) is 2.71. The van der Waals surface area contributed by atoms with Gasteiger partial charge in [0, 0.05) is 32.2 Å². The zero-order valence-corrected chi connectivity index (χ0v) is 16.4. The van der Waals surface area contributed by atoms with Gasteiger partial charge in [-0.3, -0.25) is 4.90 Å². The third-order valence-corrected chi connectivity index (χ3v) is 4.96. The number of aliphatic hydroxyl groups excluding tert-OH is 1. The SMILES string of the molecule is COc1cc(CN2CCC(F)CC2)ccc1OCC(O)CN(C)C(C)C. The molecular weight excluding hydrogens is 335 g/mol. The monoisotopic (exact) mass is 368 g/mol. The first-order chi connectivity index (χ1) is 12.4. The van der Waals surface area contributed by atoms with Gasteiger partial charge in [0.1, 0.15) is 18.9 Å². The molecule has 0 aliphatic carbocycles. The summed E-state index contributed by atoms with van der Waals surface area (Å²) in [5, 5.41) is 10.1. The molecule has 0 spiro atoms. The van der Waals surface area contributed by atoms with Gasteiger partial charge in [-0.05, 0) is 51.4 Å². The number of alkyl halides is 1. The van der Waals surface area contributed by atoms with Crippen molar-refractivity contribution in [3.8, 4) is 11.5 Å². The summed E-state index contributed by atoms with van der Waals surface area (Å²) in [6, 6.07) is 6.23. The van der Waals surface area contributed by atoms with Crippen molar-refractivity contribution in [1.29, 1.82) is 0 Å². The number of piperidine rings is 1. The molecule has 0 saturated carbocycles. The Morgan fingerprint density at radius 2 is 1.96 bits per heavy atom. The number of rotatable bonds is 9. The first-order valence-electron chi connectivity index (χ1n) is 9.43. The van der Waals surface area contributed by atoms with Crippen molar-refractivity contribution in [2.45, 2.75) is 51.6 Å². The van der Waals surface area contributed by atoms with Crippen LogP contribution in [0.1, 0.15) is 32.3 Å². The lowest BCUT2D eigenvalue weighted by Gasteiger charge is -2.28. The molecule has 1 atom stereocenters. The van der Waals surface area contributed by atoms with E-state index in [9.17, 15) is 9.50 Å². The van der Waals surface area contributed by atoms with Gasteiger partial charge in [-0.2, -0.15) is 0 Å². The molecule has 0 amide bonds. The molecule has 5 nitrogen and oxygen atoms in total. The minimum atomic E-state index is -0.655. The molecule has 0 aromatic heterocycles. The number of aliphatic hydroxyl groups is 1. The van der Waals surface area contributed by atoms with Crippen LogP contribution in [-0.4, -0.2) is 73.6 Å². The van der Waals surface area contributed by atoms with Crippen molar-refractivity contribution in [2.75, 3.05) is 40.4 Å². The van der Waals surface area contributed by atoms with E-state index in [1.807, 2.05) is 25.2 Å². The molecule has 1 heterocycles. The molecule has 0 radical (unpaired) electrons. The van der Waals surface area contributed by atoms with Crippen LogP contribution in [0.4, 0.5) is 4.39 Å². The van der Waals surface area contributed by atoms with Crippen LogP contribution in [0.2, 0.25) is 0 Å². The summed E-state index contributed by atoms with van der Waals surface area (Å²) >= 11 is 0. The molecule has 1 aromatic rings. The van der Waals surface area contributed by atoms with Gasteiger partial charge >= 0.3 is 0 Å². The Kier molecular flexibility index (Phi) is 8.13. The van der Waals surface area contributed by atoms with E-state index in [1.54, 1.807) is 7.11 Å². The number of benzene rings is 1. The summed E-state index contributed by atoms with van der Waals surface area (Å²) in [5.74, 6) is 1.29. The topological polar surface area (TPSA) is 45.2 Å². The molecule has 1 aliphatic heterocycles. The average Bonchev–Trinajstić information content (AvgIpc) is 2.62. The summed E-state index contributed by atoms with van der Waals surface area (Å²) in [6.45, 7) is 7.32. The van der Waals surface area contributed by atoms with Gasteiger partial charge in [0.05, 0.1) is 7.11 Å². The van der Waals surface area contributed by atoms with Gasteiger partial charge in [-0.25, -0.2) is 4.39 Å². The molecule has 148 valence electrons. The van der Waals surface area contributed by atoms with Crippen LogP contribution in [0.3, 0.4) is 0 Å². The molecule has 1 fully saturated rings. The molecule has 0 bridgehead atoms. The Morgan fingerprint density at radius 3 is 2.58 bits per heavy atom. The van der Waals surface area contributed by atoms with Gasteiger partial charge in [0.15, 0.2) is 11.5 Å². The van der Waals surface area contributed by atoms with E-state index in [4.69, 9.17) is 9.47 Å². The third kappa shape index (κ3) is 6.41. The fraction of sp³-hybridized carbons (Fsp3) is 0.700. The van der Waals surface area contributed by atoms with Crippen molar-refractivity contribution in [2.24, 2.45) is 0 Å². The number of ether oxygens (including phenoxy) is 2. The van der Waals surface area contributed by atoms with Crippen LogP contribution < -0.4 is 9.47 Å².